The number of carbonyl (C=O) groups is 1. The van der Waals surface area contributed by atoms with E-state index in [-0.39, 0.29) is 0 Å². The van der Waals surface area contributed by atoms with Gasteiger partial charge in [-0.15, -0.1) is 11.3 Å². The normalized spacial score (nSPS) is 12.3. The average molecular weight is 275 g/mol. The molecule has 0 spiro atoms. The number of hydrogen-bond donors (Lipinski definition) is 1. The molecule has 1 aromatic carbocycles. The van der Waals surface area contributed by atoms with E-state index < -0.39 is 11.9 Å². The van der Waals surface area contributed by atoms with E-state index in [1.54, 1.807) is 11.3 Å². The Morgan fingerprint density at radius 1 is 1.26 bits per heavy atom. The van der Waals surface area contributed by atoms with Crippen LogP contribution in [-0.4, -0.2) is 16.1 Å². The molecule has 1 atom stereocenters. The van der Waals surface area contributed by atoms with Crippen molar-refractivity contribution in [2.45, 2.75) is 26.7 Å². The second kappa shape index (κ2) is 5.97. The number of aliphatic carboxylic acids is 1. The van der Waals surface area contributed by atoms with Crippen molar-refractivity contribution < 1.29 is 9.90 Å². The fourth-order valence-electron chi connectivity index (χ4n) is 2.01. The van der Waals surface area contributed by atoms with Crippen LogP contribution in [0.4, 0.5) is 0 Å². The average Bonchev–Trinajstić information content (AvgIpc) is 2.76. The van der Waals surface area contributed by atoms with Crippen molar-refractivity contribution in [3.63, 3.8) is 0 Å². The quantitative estimate of drug-likeness (QED) is 0.911. The van der Waals surface area contributed by atoms with Crippen LogP contribution < -0.4 is 0 Å². The van der Waals surface area contributed by atoms with Crippen molar-refractivity contribution in [2.75, 3.05) is 0 Å². The summed E-state index contributed by atoms with van der Waals surface area (Å²) in [5.74, 6) is -1.17. The largest absolute Gasteiger partial charge is 0.481 e. The monoisotopic (exact) mass is 275 g/mol. The van der Waals surface area contributed by atoms with Crippen LogP contribution in [0.2, 0.25) is 0 Å². The predicted octanol–water partition coefficient (Wildman–Crippen LogP) is 3.25. The first kappa shape index (κ1) is 13.7. The zero-order valence-corrected chi connectivity index (χ0v) is 11.9. The Bertz CT molecular complexity index is 560. The summed E-state index contributed by atoms with van der Waals surface area (Å²) >= 11 is 1.56. The molecule has 100 valence electrons. The van der Waals surface area contributed by atoms with Gasteiger partial charge in [0.05, 0.1) is 16.6 Å². The Morgan fingerprint density at radius 3 is 2.47 bits per heavy atom. The van der Waals surface area contributed by atoms with E-state index >= 15 is 0 Å². The second-order valence-electron chi connectivity index (χ2n) is 4.79. The van der Waals surface area contributed by atoms with Crippen molar-refractivity contribution >= 4 is 17.3 Å². The molecule has 1 aromatic heterocycles. The lowest BCUT2D eigenvalue weighted by atomic mass is 9.95. The maximum Gasteiger partial charge on any atom is 0.307 e. The molecular formula is C15H17NO2S. The van der Waals surface area contributed by atoms with Crippen LogP contribution in [0.15, 0.2) is 29.6 Å². The van der Waals surface area contributed by atoms with Crippen molar-refractivity contribution in [3.8, 4) is 0 Å². The Kier molecular flexibility index (Phi) is 4.32. The first-order valence-electron chi connectivity index (χ1n) is 6.24. The molecule has 2 aromatic rings. The van der Waals surface area contributed by atoms with Crippen LogP contribution >= 0.6 is 11.3 Å². The zero-order valence-electron chi connectivity index (χ0n) is 11.1. The number of aryl methyl sites for hydroxylation is 2. The Labute approximate surface area is 116 Å². The van der Waals surface area contributed by atoms with Crippen LogP contribution in [0, 0.1) is 19.8 Å². The molecule has 0 aliphatic heterocycles. The second-order valence-corrected chi connectivity index (χ2v) is 5.85. The first-order valence-corrected chi connectivity index (χ1v) is 7.12. The van der Waals surface area contributed by atoms with Gasteiger partial charge >= 0.3 is 5.97 Å². The van der Waals surface area contributed by atoms with E-state index in [9.17, 15) is 9.90 Å². The van der Waals surface area contributed by atoms with E-state index in [4.69, 9.17) is 0 Å². The molecular weight excluding hydrogens is 258 g/mol. The number of rotatable bonds is 5. The van der Waals surface area contributed by atoms with E-state index in [0.717, 1.165) is 16.3 Å². The summed E-state index contributed by atoms with van der Waals surface area (Å²) in [5, 5.41) is 12.3. The number of thiazole rings is 1. The van der Waals surface area contributed by atoms with E-state index in [1.165, 1.54) is 5.56 Å². The van der Waals surface area contributed by atoms with Gasteiger partial charge < -0.3 is 5.11 Å². The molecule has 0 radical (unpaired) electrons. The lowest BCUT2D eigenvalue weighted by molar-refractivity contribution is -0.141. The number of carboxylic acids is 1. The minimum Gasteiger partial charge on any atom is -0.481 e. The van der Waals surface area contributed by atoms with Crippen molar-refractivity contribution in [2.24, 2.45) is 5.92 Å². The number of aromatic nitrogens is 1. The van der Waals surface area contributed by atoms with Crippen molar-refractivity contribution in [1.29, 1.82) is 0 Å². The molecule has 4 heteroatoms. The van der Waals surface area contributed by atoms with Crippen LogP contribution in [0.3, 0.4) is 0 Å². The highest BCUT2D eigenvalue weighted by molar-refractivity contribution is 7.09. The van der Waals surface area contributed by atoms with Crippen molar-refractivity contribution in [1.82, 2.24) is 4.98 Å². The zero-order chi connectivity index (χ0) is 13.8. The molecule has 0 aliphatic carbocycles. The Morgan fingerprint density at radius 2 is 1.95 bits per heavy atom. The van der Waals surface area contributed by atoms with Gasteiger partial charge in [0.15, 0.2) is 0 Å². The summed E-state index contributed by atoms with van der Waals surface area (Å²) in [5.41, 5.74) is 3.12. The van der Waals surface area contributed by atoms with Gasteiger partial charge in [-0.1, -0.05) is 29.8 Å². The summed E-state index contributed by atoms with van der Waals surface area (Å²) in [6.07, 6.45) is 1.04. The van der Waals surface area contributed by atoms with Crippen molar-refractivity contribution in [3.05, 3.63) is 51.5 Å². The molecule has 0 saturated carbocycles. The van der Waals surface area contributed by atoms with E-state index in [2.05, 4.69) is 4.98 Å². The molecule has 0 fully saturated rings. The minimum absolute atomic E-state index is 0.413. The standard InChI is InChI=1S/C15H17NO2S/c1-10-3-5-12(6-4-10)7-13(15(17)18)8-14-9-19-11(2)16-14/h3-6,9,13H,7-8H2,1-2H3,(H,17,18). The molecule has 1 heterocycles. The third-order valence-corrected chi connectivity index (χ3v) is 3.90. The topological polar surface area (TPSA) is 50.2 Å². The molecule has 19 heavy (non-hydrogen) atoms. The van der Waals surface area contributed by atoms with Crippen LogP contribution in [-0.2, 0) is 17.6 Å². The Balaban J connectivity index is 2.08. The predicted molar refractivity (Wildman–Crippen MR) is 76.6 cm³/mol. The SMILES string of the molecule is Cc1ccc(CC(Cc2csc(C)n2)C(=O)O)cc1. The van der Waals surface area contributed by atoms with Gasteiger partial charge in [-0.3, -0.25) is 4.79 Å². The fourth-order valence-corrected chi connectivity index (χ4v) is 2.64. The van der Waals surface area contributed by atoms with Gasteiger partial charge in [-0.05, 0) is 25.8 Å². The molecule has 0 aliphatic rings. The maximum atomic E-state index is 11.4. The minimum atomic E-state index is -0.758. The summed E-state index contributed by atoms with van der Waals surface area (Å²) in [7, 11) is 0. The van der Waals surface area contributed by atoms with Gasteiger partial charge in [0.2, 0.25) is 0 Å². The highest BCUT2D eigenvalue weighted by Gasteiger charge is 2.19. The molecule has 2 rings (SSSR count). The highest BCUT2D eigenvalue weighted by atomic mass is 32.1. The number of hydrogen-bond acceptors (Lipinski definition) is 3. The smallest absolute Gasteiger partial charge is 0.307 e. The van der Waals surface area contributed by atoms with E-state index in [1.807, 2.05) is 43.5 Å². The van der Waals surface area contributed by atoms with Gasteiger partial charge in [-0.2, -0.15) is 0 Å². The molecule has 1 N–H and O–H groups in total. The molecule has 3 nitrogen and oxygen atoms in total. The van der Waals surface area contributed by atoms with Gasteiger partial charge in [0, 0.05) is 11.8 Å². The maximum absolute atomic E-state index is 11.4. The first-order chi connectivity index (χ1) is 9.04. The van der Waals surface area contributed by atoms with Crippen LogP contribution in [0.1, 0.15) is 21.8 Å². The summed E-state index contributed by atoms with van der Waals surface area (Å²) in [6.45, 7) is 3.96. The molecule has 0 amide bonds. The van der Waals surface area contributed by atoms with Crippen LogP contribution in [0.25, 0.3) is 0 Å². The Hall–Kier alpha value is -1.68. The lowest BCUT2D eigenvalue weighted by Gasteiger charge is -2.11. The van der Waals surface area contributed by atoms with Crippen LogP contribution in [0.5, 0.6) is 0 Å². The third-order valence-electron chi connectivity index (χ3n) is 3.07. The molecule has 0 bridgehead atoms. The molecule has 0 saturated heterocycles. The van der Waals surface area contributed by atoms with Gasteiger partial charge in [0.25, 0.3) is 0 Å². The lowest BCUT2D eigenvalue weighted by Crippen LogP contribution is -2.19. The molecule has 1 unspecified atom stereocenters. The number of nitrogens with zero attached hydrogens (tertiary/aromatic N) is 1. The summed E-state index contributed by atoms with van der Waals surface area (Å²) < 4.78 is 0. The summed E-state index contributed by atoms with van der Waals surface area (Å²) in [4.78, 5) is 15.7. The van der Waals surface area contributed by atoms with Gasteiger partial charge in [-0.25, -0.2) is 4.98 Å². The number of benzene rings is 1. The third kappa shape index (κ3) is 3.89. The van der Waals surface area contributed by atoms with Gasteiger partial charge in [0.1, 0.15) is 0 Å². The summed E-state index contributed by atoms with van der Waals surface area (Å²) in [6, 6.07) is 8.03. The number of carboxylic acid groups (broad SMARTS) is 1. The van der Waals surface area contributed by atoms with E-state index in [0.29, 0.717) is 12.8 Å². The fraction of sp³-hybridized carbons (Fsp3) is 0.333. The highest BCUT2D eigenvalue weighted by Crippen LogP contribution is 2.17.